The molecule has 68 heavy (non-hydrogen) atoms. The number of nitrogens with zero attached hydrogens (tertiary/aromatic N) is 9. The Morgan fingerprint density at radius 3 is 1.51 bits per heavy atom. The van der Waals surface area contributed by atoms with E-state index in [2.05, 4.69) is 15.3 Å². The number of ether oxygens (including phenoxy) is 2. The van der Waals surface area contributed by atoms with Crippen LogP contribution < -0.4 is 37.3 Å². The molecule has 0 bridgehead atoms. The van der Waals surface area contributed by atoms with Crippen molar-refractivity contribution in [1.29, 1.82) is 0 Å². The van der Waals surface area contributed by atoms with Crippen LogP contribution in [0, 0.1) is 0 Å². The molecule has 1 aliphatic rings. The molecule has 5 heterocycles. The Morgan fingerprint density at radius 1 is 0.588 bits per heavy atom. The van der Waals surface area contributed by atoms with Crippen LogP contribution in [0.4, 0.5) is 0 Å². The lowest BCUT2D eigenvalue weighted by atomic mass is 10.1. The highest BCUT2D eigenvalue weighted by atomic mass is 16.5. The quantitative estimate of drug-likeness (QED) is 0.0622. The maximum atomic E-state index is 12.7. The van der Waals surface area contributed by atoms with Crippen LogP contribution in [0.25, 0.3) is 22.3 Å². The molecule has 2 amide bonds. The Labute approximate surface area is 399 Å². The fraction of sp³-hybridized carbons (Fsp3) is 0.640. The van der Waals surface area contributed by atoms with Gasteiger partial charge in [-0.2, -0.15) is 0 Å². The first kappa shape index (κ1) is 53.0. The Balaban J connectivity index is 0.000000258. The summed E-state index contributed by atoms with van der Waals surface area (Å²) in [5.41, 5.74) is 1.53. The lowest BCUT2D eigenvalue weighted by Crippen LogP contribution is -2.39. The minimum Gasteiger partial charge on any atom is -0.493 e. The molecule has 0 unspecified atom stereocenters. The van der Waals surface area contributed by atoms with Crippen molar-refractivity contribution in [2.75, 3.05) is 27.3 Å². The van der Waals surface area contributed by atoms with Crippen LogP contribution in [0.1, 0.15) is 140 Å². The number of likely N-dealkylation sites (tertiary alicyclic amines) is 1. The normalized spacial score (nSPS) is 12.6. The van der Waals surface area contributed by atoms with Crippen molar-refractivity contribution >= 4 is 34.1 Å². The van der Waals surface area contributed by atoms with Gasteiger partial charge in [0.1, 0.15) is 0 Å². The number of amides is 2. The Kier molecular flexibility index (Phi) is 21.2. The predicted molar refractivity (Wildman–Crippen MR) is 265 cm³/mol. The van der Waals surface area contributed by atoms with Gasteiger partial charge in [-0.15, -0.1) is 0 Å². The van der Waals surface area contributed by atoms with E-state index in [1.165, 1.54) is 37.5 Å². The number of piperidine rings is 1. The molecule has 18 nitrogen and oxygen atoms in total. The minimum absolute atomic E-state index is 0.0376. The van der Waals surface area contributed by atoms with Crippen LogP contribution in [-0.4, -0.2) is 81.4 Å². The molecule has 1 fully saturated rings. The van der Waals surface area contributed by atoms with E-state index in [1.807, 2.05) is 23.1 Å². The Hall–Kier alpha value is -5.94. The van der Waals surface area contributed by atoms with Crippen LogP contribution in [0.3, 0.4) is 0 Å². The zero-order valence-corrected chi connectivity index (χ0v) is 41.6. The van der Waals surface area contributed by atoms with E-state index in [0.29, 0.717) is 72.2 Å². The van der Waals surface area contributed by atoms with Crippen molar-refractivity contribution in [3.63, 3.8) is 0 Å². The van der Waals surface area contributed by atoms with Crippen molar-refractivity contribution < 1.29 is 19.1 Å². The third-order valence-corrected chi connectivity index (χ3v) is 13.1. The largest absolute Gasteiger partial charge is 0.493 e. The summed E-state index contributed by atoms with van der Waals surface area (Å²) < 4.78 is 19.6. The maximum absolute atomic E-state index is 12.7. The summed E-state index contributed by atoms with van der Waals surface area (Å²) in [4.78, 5) is 85.1. The van der Waals surface area contributed by atoms with E-state index in [9.17, 15) is 28.8 Å². The highest BCUT2D eigenvalue weighted by molar-refractivity contribution is 5.76. The Morgan fingerprint density at radius 2 is 1.04 bits per heavy atom. The molecule has 1 aliphatic heterocycles. The molecule has 374 valence electrons. The van der Waals surface area contributed by atoms with Gasteiger partial charge < -0.3 is 28.8 Å². The van der Waals surface area contributed by atoms with Gasteiger partial charge in [0.25, 0.3) is 11.1 Å². The van der Waals surface area contributed by atoms with E-state index in [4.69, 9.17) is 9.47 Å². The topological polar surface area (TPSA) is 192 Å². The van der Waals surface area contributed by atoms with Gasteiger partial charge in [-0.25, -0.2) is 19.6 Å². The van der Waals surface area contributed by atoms with Crippen molar-refractivity contribution in [1.82, 2.24) is 47.6 Å². The van der Waals surface area contributed by atoms with Crippen LogP contribution in [0.15, 0.2) is 50.0 Å². The second kappa shape index (κ2) is 27.2. The number of hydrogen-bond donors (Lipinski definition) is 1. The highest BCUT2D eigenvalue weighted by Gasteiger charge is 2.18. The molecule has 6 rings (SSSR count). The van der Waals surface area contributed by atoms with Gasteiger partial charge in [-0.1, -0.05) is 89.2 Å². The standard InChI is InChI=1S/C27H39N5O5.C23H37N5O3/c1-30-19-29-25-23(30)26(34)32(27(35)31(25)2)17-12-10-8-6-5-7-9-11-16-22(33)28-18-20-14-13-15-21(36-3)24(20)37-4;1-25-18-24-21-20(25)22(30)28(23(31)26(21)2)17-13-8-6-4-3-5-7-10-14-19(29)27-15-11-9-12-16-27/h13-15,19H,5-12,16-18H2,1-4H3,(H,28,33);18H,3-17H2,1-2H3. The molecule has 1 saturated heterocycles. The van der Waals surface area contributed by atoms with Crippen LogP contribution in [-0.2, 0) is 57.4 Å². The van der Waals surface area contributed by atoms with Crippen LogP contribution in [0.5, 0.6) is 11.5 Å². The van der Waals surface area contributed by atoms with Crippen LogP contribution >= 0.6 is 0 Å². The van der Waals surface area contributed by atoms with Gasteiger partial charge in [0.05, 0.1) is 26.9 Å². The van der Waals surface area contributed by atoms with E-state index >= 15 is 0 Å². The molecule has 1 aromatic carbocycles. The Bertz CT molecular complexity index is 2650. The van der Waals surface area contributed by atoms with Gasteiger partial charge in [0, 0.05) is 79.3 Å². The molecule has 0 saturated carbocycles. The lowest BCUT2D eigenvalue weighted by Gasteiger charge is -2.26. The first-order chi connectivity index (χ1) is 32.9. The smallest absolute Gasteiger partial charge is 0.332 e. The van der Waals surface area contributed by atoms with Crippen molar-refractivity contribution in [3.05, 3.63) is 78.1 Å². The van der Waals surface area contributed by atoms with Gasteiger partial charge in [0.15, 0.2) is 33.8 Å². The zero-order valence-electron chi connectivity index (χ0n) is 41.6. The average molecular weight is 945 g/mol. The van der Waals surface area contributed by atoms with E-state index in [-0.39, 0.29) is 28.4 Å². The first-order valence-corrected chi connectivity index (χ1v) is 24.9. The zero-order chi connectivity index (χ0) is 49.0. The number of imidazole rings is 2. The molecule has 0 spiro atoms. The van der Waals surface area contributed by atoms with E-state index < -0.39 is 0 Å². The number of methoxy groups -OCH3 is 2. The van der Waals surface area contributed by atoms with Gasteiger partial charge in [0.2, 0.25) is 11.8 Å². The third-order valence-electron chi connectivity index (χ3n) is 13.1. The molecule has 0 aliphatic carbocycles. The number of hydrogen-bond acceptors (Lipinski definition) is 10. The summed E-state index contributed by atoms with van der Waals surface area (Å²) in [5, 5.41) is 2.96. The molecule has 4 aromatic heterocycles. The number of benzene rings is 1. The number of rotatable bonds is 26. The number of fused-ring (bicyclic) bond motifs is 2. The monoisotopic (exact) mass is 945 g/mol. The number of aryl methyl sites for hydroxylation is 4. The van der Waals surface area contributed by atoms with Gasteiger partial charge >= 0.3 is 11.4 Å². The number of nitrogens with one attached hydrogen (secondary N) is 1. The maximum Gasteiger partial charge on any atom is 0.332 e. The van der Waals surface area contributed by atoms with Crippen molar-refractivity contribution in [2.24, 2.45) is 28.2 Å². The molecule has 0 radical (unpaired) electrons. The fourth-order valence-corrected chi connectivity index (χ4v) is 9.09. The first-order valence-electron chi connectivity index (χ1n) is 24.9. The summed E-state index contributed by atoms with van der Waals surface area (Å²) in [6.45, 7) is 3.18. The third kappa shape index (κ3) is 14.3. The number of para-hydroxylation sites is 1. The number of unbranched alkanes of at least 4 members (excludes halogenated alkanes) is 14. The number of aromatic nitrogens is 8. The number of carbonyl (C=O) groups excluding carboxylic acids is 2. The summed E-state index contributed by atoms with van der Waals surface area (Å²) >= 11 is 0. The van der Waals surface area contributed by atoms with E-state index in [0.717, 1.165) is 121 Å². The second-order valence-electron chi connectivity index (χ2n) is 18.2. The van der Waals surface area contributed by atoms with Gasteiger partial charge in [-0.3, -0.25) is 37.4 Å². The SMILES string of the molecule is COc1cccc(CNC(=O)CCCCCCCCCCn2c(=O)c3c(ncn3C)n(C)c2=O)c1OC.Cn1cnc2c1c(=O)n(CCCCCCCCCCC(=O)N1CCCCC1)c(=O)n2C. The lowest BCUT2D eigenvalue weighted by molar-refractivity contribution is -0.132. The van der Waals surface area contributed by atoms with Crippen molar-refractivity contribution in [2.45, 2.75) is 154 Å². The second-order valence-corrected chi connectivity index (χ2v) is 18.2. The average Bonchev–Trinajstić information content (AvgIpc) is 3.94. The van der Waals surface area contributed by atoms with E-state index in [1.54, 1.807) is 64.2 Å². The number of carbonyl (C=O) groups is 2. The fourth-order valence-electron chi connectivity index (χ4n) is 9.09. The molecule has 18 heteroatoms. The molecule has 1 N–H and O–H groups in total. The minimum atomic E-state index is -0.317. The van der Waals surface area contributed by atoms with Crippen LogP contribution in [0.2, 0.25) is 0 Å². The summed E-state index contributed by atoms with van der Waals surface area (Å²) in [6.07, 6.45) is 24.5. The molecular weight excluding hydrogens is 869 g/mol. The van der Waals surface area contributed by atoms with Gasteiger partial charge in [-0.05, 0) is 51.0 Å². The molecular formula is C50H76N10O8. The summed E-state index contributed by atoms with van der Waals surface area (Å²) in [5.74, 6) is 1.67. The predicted octanol–water partition coefficient (Wildman–Crippen LogP) is 6.24. The summed E-state index contributed by atoms with van der Waals surface area (Å²) in [7, 11) is 10.0. The molecule has 0 atom stereocenters. The highest BCUT2D eigenvalue weighted by Crippen LogP contribution is 2.30. The van der Waals surface area contributed by atoms with Crippen molar-refractivity contribution in [3.8, 4) is 11.5 Å². The molecule has 5 aromatic rings. The summed E-state index contributed by atoms with van der Waals surface area (Å²) in [6, 6.07) is 5.63.